The molecule has 0 aromatic heterocycles. The monoisotopic (exact) mass is 252 g/mol. The van der Waals surface area contributed by atoms with Gasteiger partial charge in [0.1, 0.15) is 6.29 Å². The summed E-state index contributed by atoms with van der Waals surface area (Å²) in [6.07, 6.45) is 7.09. The van der Waals surface area contributed by atoms with Gasteiger partial charge in [-0.05, 0) is 49.4 Å². The van der Waals surface area contributed by atoms with Gasteiger partial charge in [0.25, 0.3) is 0 Å². The zero-order chi connectivity index (χ0) is 13.6. The molecule has 104 valence electrons. The average molecular weight is 252 g/mol. The zero-order valence-electron chi connectivity index (χ0n) is 12.6. The largest absolute Gasteiger partial charge is 0.378 e. The minimum atomic E-state index is -0.263. The Bertz CT molecular complexity index is 336. The van der Waals surface area contributed by atoms with Crippen LogP contribution in [0.25, 0.3) is 0 Å². The highest BCUT2D eigenvalue weighted by molar-refractivity contribution is 5.58. The van der Waals surface area contributed by atoms with E-state index in [0.29, 0.717) is 11.3 Å². The zero-order valence-corrected chi connectivity index (χ0v) is 12.6. The summed E-state index contributed by atoms with van der Waals surface area (Å²) in [4.78, 5) is 11.7. The molecule has 0 amide bonds. The third-order valence-electron chi connectivity index (χ3n) is 6.18. The van der Waals surface area contributed by atoms with Crippen molar-refractivity contribution in [3.05, 3.63) is 0 Å². The van der Waals surface area contributed by atoms with Gasteiger partial charge in [0.2, 0.25) is 0 Å². The molecule has 2 rings (SSSR count). The number of rotatable bonds is 2. The van der Waals surface area contributed by atoms with Crippen molar-refractivity contribution in [3.8, 4) is 0 Å². The first-order valence-corrected chi connectivity index (χ1v) is 7.31. The molecule has 0 bridgehead atoms. The van der Waals surface area contributed by atoms with Gasteiger partial charge in [-0.1, -0.05) is 27.2 Å². The summed E-state index contributed by atoms with van der Waals surface area (Å²) in [6.45, 7) is 9.21. The topological polar surface area (TPSA) is 26.3 Å². The van der Waals surface area contributed by atoms with Crippen molar-refractivity contribution < 1.29 is 9.53 Å². The van der Waals surface area contributed by atoms with E-state index in [0.717, 1.165) is 6.42 Å². The molecule has 0 aliphatic heterocycles. The van der Waals surface area contributed by atoms with Gasteiger partial charge in [0, 0.05) is 13.0 Å². The predicted octanol–water partition coefficient (Wildman–Crippen LogP) is 3.83. The molecular formula is C16H28O2. The number of ether oxygens (including phenoxy) is 1. The lowest BCUT2D eigenvalue weighted by Gasteiger charge is -2.60. The second kappa shape index (κ2) is 4.33. The van der Waals surface area contributed by atoms with E-state index >= 15 is 0 Å². The van der Waals surface area contributed by atoms with Gasteiger partial charge < -0.3 is 9.53 Å². The Kier molecular flexibility index (Phi) is 3.38. The molecule has 18 heavy (non-hydrogen) atoms. The normalized spacial score (nSPS) is 47.4. The third-order valence-corrected chi connectivity index (χ3v) is 6.18. The molecule has 2 nitrogen and oxygen atoms in total. The SMILES string of the molecule is CO[C@]1(C)CCC2C(C)(C)CCC[C@]2(C)[C@H]1C=O. The van der Waals surface area contributed by atoms with E-state index in [1.165, 1.54) is 32.0 Å². The molecule has 2 aliphatic rings. The minimum absolute atomic E-state index is 0.0355. The second-order valence-electron chi connectivity index (χ2n) is 7.57. The number of fused-ring (bicyclic) bond motifs is 1. The van der Waals surface area contributed by atoms with Crippen LogP contribution in [0, 0.1) is 22.7 Å². The van der Waals surface area contributed by atoms with Crippen LogP contribution in [0.5, 0.6) is 0 Å². The fourth-order valence-corrected chi connectivity index (χ4v) is 5.07. The number of aldehydes is 1. The Morgan fingerprint density at radius 2 is 1.78 bits per heavy atom. The molecule has 0 aromatic rings. The first kappa shape index (κ1) is 14.0. The lowest BCUT2D eigenvalue weighted by Crippen LogP contribution is -2.58. The molecule has 0 saturated heterocycles. The molecule has 4 atom stereocenters. The van der Waals surface area contributed by atoms with Crippen LogP contribution in [0.15, 0.2) is 0 Å². The number of hydrogen-bond donors (Lipinski definition) is 0. The van der Waals surface area contributed by atoms with E-state index in [1.54, 1.807) is 7.11 Å². The van der Waals surface area contributed by atoms with Crippen LogP contribution < -0.4 is 0 Å². The van der Waals surface area contributed by atoms with Gasteiger partial charge in [-0.2, -0.15) is 0 Å². The van der Waals surface area contributed by atoms with Gasteiger partial charge in [-0.25, -0.2) is 0 Å². The summed E-state index contributed by atoms with van der Waals surface area (Å²) in [5.74, 6) is 0.686. The van der Waals surface area contributed by atoms with Crippen LogP contribution in [-0.4, -0.2) is 19.0 Å². The first-order chi connectivity index (χ1) is 8.30. The van der Waals surface area contributed by atoms with E-state index in [9.17, 15) is 4.79 Å². The summed E-state index contributed by atoms with van der Waals surface area (Å²) >= 11 is 0. The fourth-order valence-electron chi connectivity index (χ4n) is 5.07. The number of methoxy groups -OCH3 is 1. The molecular weight excluding hydrogens is 224 g/mol. The van der Waals surface area contributed by atoms with Crippen LogP contribution in [-0.2, 0) is 9.53 Å². The molecule has 2 aliphatic carbocycles. The van der Waals surface area contributed by atoms with Crippen LogP contribution in [0.3, 0.4) is 0 Å². The van der Waals surface area contributed by atoms with Crippen LogP contribution in [0.4, 0.5) is 0 Å². The Balaban J connectivity index is 2.41. The smallest absolute Gasteiger partial charge is 0.126 e. The lowest BCUT2D eigenvalue weighted by molar-refractivity contribution is -0.178. The lowest BCUT2D eigenvalue weighted by atomic mass is 9.46. The predicted molar refractivity (Wildman–Crippen MR) is 73.4 cm³/mol. The summed E-state index contributed by atoms with van der Waals surface area (Å²) in [5.41, 5.74) is 0.219. The Morgan fingerprint density at radius 3 is 2.33 bits per heavy atom. The van der Waals surface area contributed by atoms with E-state index in [1.807, 2.05) is 0 Å². The molecule has 0 radical (unpaired) electrons. The van der Waals surface area contributed by atoms with Gasteiger partial charge in [0.15, 0.2) is 0 Å². The van der Waals surface area contributed by atoms with Gasteiger partial charge >= 0.3 is 0 Å². The minimum Gasteiger partial charge on any atom is -0.378 e. The van der Waals surface area contributed by atoms with E-state index in [-0.39, 0.29) is 16.9 Å². The molecule has 0 heterocycles. The molecule has 2 heteroatoms. The standard InChI is InChI=1S/C16H28O2/c1-14(2)8-6-9-15(3)12(14)7-10-16(4,18-5)13(15)11-17/h11-13H,6-10H2,1-5H3/t12?,13-,15+,16-/m1/s1. The number of carbonyl (C=O) groups is 1. The summed E-state index contributed by atoms with van der Waals surface area (Å²) in [7, 11) is 1.76. The average Bonchev–Trinajstić information content (AvgIpc) is 2.27. The molecule has 0 N–H and O–H groups in total. The van der Waals surface area contributed by atoms with Crippen molar-refractivity contribution in [1.29, 1.82) is 0 Å². The van der Waals surface area contributed by atoms with Crippen molar-refractivity contribution in [1.82, 2.24) is 0 Å². The molecule has 0 aromatic carbocycles. The van der Waals surface area contributed by atoms with Crippen molar-refractivity contribution in [2.24, 2.45) is 22.7 Å². The number of hydrogen-bond acceptors (Lipinski definition) is 2. The summed E-state index contributed by atoms with van der Waals surface area (Å²) in [5, 5.41) is 0. The van der Waals surface area contributed by atoms with E-state index < -0.39 is 0 Å². The Morgan fingerprint density at radius 1 is 1.11 bits per heavy atom. The van der Waals surface area contributed by atoms with Gasteiger partial charge in [-0.15, -0.1) is 0 Å². The van der Waals surface area contributed by atoms with Crippen molar-refractivity contribution in [2.75, 3.05) is 7.11 Å². The summed E-state index contributed by atoms with van der Waals surface area (Å²) < 4.78 is 5.73. The quantitative estimate of drug-likeness (QED) is 0.698. The van der Waals surface area contributed by atoms with Crippen molar-refractivity contribution >= 4 is 6.29 Å². The molecule has 2 saturated carbocycles. The maximum absolute atomic E-state index is 11.7. The van der Waals surface area contributed by atoms with Crippen molar-refractivity contribution in [3.63, 3.8) is 0 Å². The first-order valence-electron chi connectivity index (χ1n) is 7.31. The number of carbonyl (C=O) groups excluding carboxylic acids is 1. The molecule has 0 spiro atoms. The van der Waals surface area contributed by atoms with Crippen LogP contribution >= 0.6 is 0 Å². The Labute approximate surface area is 111 Å². The molecule has 2 fully saturated rings. The highest BCUT2D eigenvalue weighted by Crippen LogP contribution is 2.61. The van der Waals surface area contributed by atoms with E-state index in [2.05, 4.69) is 27.7 Å². The van der Waals surface area contributed by atoms with Crippen LogP contribution in [0.2, 0.25) is 0 Å². The fraction of sp³-hybridized carbons (Fsp3) is 0.938. The van der Waals surface area contributed by atoms with Gasteiger partial charge in [-0.3, -0.25) is 0 Å². The van der Waals surface area contributed by atoms with E-state index in [4.69, 9.17) is 4.74 Å². The van der Waals surface area contributed by atoms with Gasteiger partial charge in [0.05, 0.1) is 5.60 Å². The van der Waals surface area contributed by atoms with Crippen LogP contribution in [0.1, 0.15) is 59.8 Å². The second-order valence-corrected chi connectivity index (χ2v) is 7.57. The maximum Gasteiger partial charge on any atom is 0.126 e. The third kappa shape index (κ3) is 1.84. The van der Waals surface area contributed by atoms with Crippen molar-refractivity contribution in [2.45, 2.75) is 65.4 Å². The maximum atomic E-state index is 11.7. The summed E-state index contributed by atoms with van der Waals surface area (Å²) in [6, 6.07) is 0. The highest BCUT2D eigenvalue weighted by Gasteiger charge is 2.58. The highest BCUT2D eigenvalue weighted by atomic mass is 16.5. The molecule has 1 unspecified atom stereocenters. The Hall–Kier alpha value is -0.370.